The van der Waals surface area contributed by atoms with Crippen LogP contribution < -0.4 is 10.2 Å². The summed E-state index contributed by atoms with van der Waals surface area (Å²) >= 11 is 0. The fourth-order valence-electron chi connectivity index (χ4n) is 9.10. The van der Waals surface area contributed by atoms with E-state index in [1.165, 1.54) is 244 Å². The molecule has 0 aromatic rings. The van der Waals surface area contributed by atoms with Crippen molar-refractivity contribution in [3.63, 3.8) is 0 Å². The number of hydrogen-bond acceptors (Lipinski definition) is 6. The number of phosphoric acid groups is 1. The van der Waals surface area contributed by atoms with Crippen LogP contribution >= 0.6 is 7.82 Å². The first kappa shape index (κ1) is 66.2. The quantitative estimate of drug-likeness (QED) is 0.0272. The Morgan fingerprint density at radius 3 is 1.12 bits per heavy atom. The lowest BCUT2D eigenvalue weighted by Gasteiger charge is -2.29. The van der Waals surface area contributed by atoms with Crippen LogP contribution in [0.3, 0.4) is 0 Å². The molecule has 0 fully saturated rings. The second-order valence-electron chi connectivity index (χ2n) is 21.7. The van der Waals surface area contributed by atoms with Gasteiger partial charge in [0.2, 0.25) is 5.91 Å². The van der Waals surface area contributed by atoms with E-state index in [0.717, 1.165) is 38.5 Å². The van der Waals surface area contributed by atoms with Crippen LogP contribution in [-0.2, 0) is 18.4 Å². The highest BCUT2D eigenvalue weighted by Crippen LogP contribution is 2.38. The summed E-state index contributed by atoms with van der Waals surface area (Å²) in [5.41, 5.74) is 0. The Kier molecular flexibility index (Phi) is 49.6. The first-order chi connectivity index (χ1) is 32.5. The summed E-state index contributed by atoms with van der Waals surface area (Å²) in [7, 11) is 1.28. The Hall–Kier alpha value is -0.760. The van der Waals surface area contributed by atoms with Crippen LogP contribution in [0.2, 0.25) is 0 Å². The number of phosphoric ester groups is 1. The van der Waals surface area contributed by atoms with Crippen molar-refractivity contribution in [1.82, 2.24) is 5.32 Å². The van der Waals surface area contributed by atoms with Gasteiger partial charge in [0.1, 0.15) is 13.2 Å². The zero-order valence-corrected chi connectivity index (χ0v) is 46.5. The monoisotopic (exact) mass is 969 g/mol. The average Bonchev–Trinajstić information content (AvgIpc) is 3.29. The van der Waals surface area contributed by atoms with Crippen molar-refractivity contribution in [1.29, 1.82) is 0 Å². The van der Waals surface area contributed by atoms with E-state index < -0.39 is 20.0 Å². The van der Waals surface area contributed by atoms with Gasteiger partial charge in [-0.15, -0.1) is 0 Å². The first-order valence-electron chi connectivity index (χ1n) is 29.6. The molecule has 0 aromatic heterocycles. The molecule has 0 spiro atoms. The minimum absolute atomic E-state index is 0.00268. The zero-order chi connectivity index (χ0) is 49.2. The van der Waals surface area contributed by atoms with Crippen molar-refractivity contribution in [2.45, 2.75) is 315 Å². The van der Waals surface area contributed by atoms with Crippen LogP contribution in [0.25, 0.3) is 0 Å². The molecule has 0 aliphatic carbocycles. The van der Waals surface area contributed by atoms with Gasteiger partial charge in [-0.1, -0.05) is 289 Å². The van der Waals surface area contributed by atoms with E-state index in [4.69, 9.17) is 9.05 Å². The van der Waals surface area contributed by atoms with E-state index >= 15 is 0 Å². The van der Waals surface area contributed by atoms with Crippen molar-refractivity contribution in [3.8, 4) is 0 Å². The number of unbranched alkanes of at least 4 members (excludes halogenated alkanes) is 42. The Bertz CT molecular complexity index is 1100. The van der Waals surface area contributed by atoms with Gasteiger partial charge in [0.15, 0.2) is 0 Å². The Morgan fingerprint density at radius 2 is 0.806 bits per heavy atom. The number of hydrogen-bond donors (Lipinski definition) is 2. The summed E-state index contributed by atoms with van der Waals surface area (Å²) < 4.78 is 23.4. The number of aliphatic hydroxyl groups is 1. The van der Waals surface area contributed by atoms with Crippen molar-refractivity contribution in [2.24, 2.45) is 0 Å². The molecule has 0 radical (unpaired) electrons. The van der Waals surface area contributed by atoms with Gasteiger partial charge in [0.25, 0.3) is 7.82 Å². The summed E-state index contributed by atoms with van der Waals surface area (Å²) in [6.45, 7) is 4.70. The predicted octanol–water partition coefficient (Wildman–Crippen LogP) is 17.2. The molecule has 9 heteroatoms. The molecule has 0 rings (SSSR count). The fraction of sp³-hybridized carbons (Fsp3) is 0.948. The van der Waals surface area contributed by atoms with Gasteiger partial charge in [0, 0.05) is 6.42 Å². The van der Waals surface area contributed by atoms with E-state index in [-0.39, 0.29) is 19.1 Å². The summed E-state index contributed by atoms with van der Waals surface area (Å²) in [6, 6.07) is -0.882. The topological polar surface area (TPSA) is 108 Å². The maximum absolute atomic E-state index is 13.0. The third-order valence-electron chi connectivity index (χ3n) is 13.7. The molecular formula is C58H117N2O6P. The molecule has 0 aliphatic rings. The number of aliphatic hydroxyl groups excluding tert-OH is 1. The maximum atomic E-state index is 13.0. The number of nitrogens with zero attached hydrogens (tertiary/aromatic N) is 1. The highest BCUT2D eigenvalue weighted by Gasteiger charge is 2.23. The number of allylic oxidation sites excluding steroid dienone is 1. The molecule has 0 saturated heterocycles. The lowest BCUT2D eigenvalue weighted by atomic mass is 10.0. The normalized spacial score (nSPS) is 14.0. The summed E-state index contributed by atoms with van der Waals surface area (Å²) in [5.74, 6) is -0.190. The smallest absolute Gasteiger partial charge is 0.268 e. The number of likely N-dealkylation sites (N-methyl/N-ethyl adjacent to an activating group) is 1. The lowest BCUT2D eigenvalue weighted by Crippen LogP contribution is -2.45. The van der Waals surface area contributed by atoms with Gasteiger partial charge in [-0.3, -0.25) is 9.36 Å². The molecule has 0 heterocycles. The number of carbonyl (C=O) groups excluding carboxylic acids is 1. The predicted molar refractivity (Wildman–Crippen MR) is 289 cm³/mol. The van der Waals surface area contributed by atoms with Crippen LogP contribution in [0.15, 0.2) is 12.2 Å². The molecule has 3 atom stereocenters. The molecule has 2 N–H and O–H groups in total. The summed E-state index contributed by atoms with van der Waals surface area (Å²) in [4.78, 5) is 25.5. The number of rotatable bonds is 55. The van der Waals surface area contributed by atoms with E-state index in [9.17, 15) is 19.4 Å². The second kappa shape index (κ2) is 50.2. The highest BCUT2D eigenvalue weighted by atomic mass is 31.2. The van der Waals surface area contributed by atoms with Gasteiger partial charge < -0.3 is 28.8 Å². The Balaban J connectivity index is 4.11. The highest BCUT2D eigenvalue weighted by molar-refractivity contribution is 7.45. The Labute approximate surface area is 418 Å². The van der Waals surface area contributed by atoms with Crippen molar-refractivity contribution in [2.75, 3.05) is 40.9 Å². The van der Waals surface area contributed by atoms with Crippen LogP contribution in [0.5, 0.6) is 0 Å². The molecule has 3 unspecified atom stereocenters. The molecule has 8 nitrogen and oxygen atoms in total. The maximum Gasteiger partial charge on any atom is 0.268 e. The van der Waals surface area contributed by atoms with Gasteiger partial charge in [-0.2, -0.15) is 0 Å². The molecule has 67 heavy (non-hydrogen) atoms. The molecule has 1 amide bonds. The number of amides is 1. The largest absolute Gasteiger partial charge is 0.756 e. The fourth-order valence-corrected chi connectivity index (χ4v) is 9.82. The molecule has 0 bridgehead atoms. The number of carbonyl (C=O) groups is 1. The van der Waals surface area contributed by atoms with Gasteiger partial charge in [-0.05, 0) is 19.3 Å². The first-order valence-corrected chi connectivity index (χ1v) is 31.0. The molecule has 0 aromatic carbocycles. The van der Waals surface area contributed by atoms with Gasteiger partial charge >= 0.3 is 0 Å². The minimum Gasteiger partial charge on any atom is -0.756 e. The van der Waals surface area contributed by atoms with Crippen molar-refractivity contribution in [3.05, 3.63) is 12.2 Å². The lowest BCUT2D eigenvalue weighted by molar-refractivity contribution is -0.870. The van der Waals surface area contributed by atoms with Crippen LogP contribution in [0, 0.1) is 0 Å². The van der Waals surface area contributed by atoms with Crippen molar-refractivity contribution >= 4 is 13.7 Å². The minimum atomic E-state index is -4.59. The number of quaternary nitrogens is 1. The zero-order valence-electron chi connectivity index (χ0n) is 45.6. The summed E-state index contributed by atoms with van der Waals surface area (Å²) in [5, 5.41) is 13.9. The molecule has 0 aliphatic heterocycles. The molecule has 400 valence electrons. The van der Waals surface area contributed by atoms with Gasteiger partial charge in [-0.25, -0.2) is 0 Å². The second-order valence-corrected chi connectivity index (χ2v) is 23.1. The molecular weight excluding hydrogens is 852 g/mol. The SMILES string of the molecule is CCCCCCCCCCCCCCCCCC/C=C/C(O)C(COP(=O)([O-])OCC[N+](C)(C)C)NC(=O)CCCCCCCCCCCCCCCCCCCCCCCCCCCCC. The van der Waals surface area contributed by atoms with E-state index in [1.54, 1.807) is 6.08 Å². The Morgan fingerprint density at radius 1 is 0.507 bits per heavy atom. The van der Waals surface area contributed by atoms with E-state index in [2.05, 4.69) is 19.2 Å². The third-order valence-corrected chi connectivity index (χ3v) is 14.7. The van der Waals surface area contributed by atoms with Gasteiger partial charge in [0.05, 0.1) is 39.9 Å². The molecule has 0 saturated carbocycles. The van der Waals surface area contributed by atoms with Crippen LogP contribution in [0.4, 0.5) is 0 Å². The number of nitrogens with one attached hydrogen (secondary N) is 1. The van der Waals surface area contributed by atoms with Crippen molar-refractivity contribution < 1.29 is 32.9 Å². The van der Waals surface area contributed by atoms with E-state index in [0.29, 0.717) is 17.4 Å². The van der Waals surface area contributed by atoms with Crippen LogP contribution in [-0.4, -0.2) is 68.5 Å². The average molecular weight is 970 g/mol. The summed E-state index contributed by atoms with van der Waals surface area (Å²) in [6.07, 6.45) is 61.5. The van der Waals surface area contributed by atoms with Crippen LogP contribution in [0.1, 0.15) is 303 Å². The van der Waals surface area contributed by atoms with E-state index in [1.807, 2.05) is 27.2 Å². The third kappa shape index (κ3) is 52.9. The standard InChI is InChI=1S/C58H117N2O6P/c1-6-8-10-12-14-16-18-20-22-24-26-27-28-29-30-31-32-33-34-36-38-40-42-44-46-48-50-52-58(62)59-56(55-66-67(63,64)65-54-53-60(3,4)5)57(61)51-49-47-45-43-41-39-37-35-25-23-21-19-17-15-13-11-9-7-2/h49,51,56-57,61H,6-48,50,52-55H2,1-5H3,(H-,59,62,63,64)/b51-49+.